The third-order valence-electron chi connectivity index (χ3n) is 2.09. The first-order chi connectivity index (χ1) is 6.83. The van der Waals surface area contributed by atoms with E-state index in [1.165, 1.54) is 0 Å². The van der Waals surface area contributed by atoms with Gasteiger partial charge in [-0.05, 0) is 12.1 Å². The van der Waals surface area contributed by atoms with Crippen LogP contribution in [-0.4, -0.2) is 18.5 Å². The second-order valence-corrected chi connectivity index (χ2v) is 2.92. The average molecular weight is 197 g/mol. The fourth-order valence-corrected chi connectivity index (χ4v) is 1.42. The Bertz CT molecular complexity index is 340. The van der Waals surface area contributed by atoms with E-state index in [-0.39, 0.29) is 12.5 Å². The molecule has 0 atom stereocenters. The van der Waals surface area contributed by atoms with Gasteiger partial charge in [0.1, 0.15) is 5.75 Å². The molecule has 0 bridgehead atoms. The van der Waals surface area contributed by atoms with Crippen molar-refractivity contribution >= 4 is 0 Å². The summed E-state index contributed by atoms with van der Waals surface area (Å²) in [4.78, 5) is 4.45. The molecule has 14 heavy (non-hydrogen) atoms. The molecule has 0 saturated heterocycles. The van der Waals surface area contributed by atoms with Crippen LogP contribution in [0.15, 0.2) is 12.1 Å². The predicted octanol–water partition coefficient (Wildman–Crippen LogP) is 0.554. The van der Waals surface area contributed by atoms with Crippen molar-refractivity contribution in [2.24, 2.45) is 5.90 Å². The molecule has 1 aliphatic rings. The molecule has 0 unspecified atom stereocenters. The van der Waals surface area contributed by atoms with E-state index in [1.54, 1.807) is 12.1 Å². The summed E-state index contributed by atoms with van der Waals surface area (Å²) in [6, 6.07) is 3.24. The van der Waals surface area contributed by atoms with Gasteiger partial charge in [-0.25, -0.2) is 5.90 Å². The van der Waals surface area contributed by atoms with Gasteiger partial charge in [0.05, 0.1) is 6.61 Å². The number of benzene rings is 1. The van der Waals surface area contributed by atoms with Gasteiger partial charge in [-0.2, -0.15) is 0 Å². The lowest BCUT2D eigenvalue weighted by molar-refractivity contribution is 0.139. The quantitative estimate of drug-likeness (QED) is 0.692. The van der Waals surface area contributed by atoms with Crippen molar-refractivity contribution in [3.8, 4) is 17.2 Å². The van der Waals surface area contributed by atoms with Crippen LogP contribution >= 0.6 is 0 Å². The first kappa shape index (κ1) is 9.11. The molecule has 1 aromatic rings. The third-order valence-corrected chi connectivity index (χ3v) is 2.09. The lowest BCUT2D eigenvalue weighted by atomic mass is 10.1. The third kappa shape index (κ3) is 1.47. The molecule has 0 aromatic heterocycles. The molecule has 1 heterocycles. The lowest BCUT2D eigenvalue weighted by Gasteiger charge is -2.06. The van der Waals surface area contributed by atoms with Crippen molar-refractivity contribution < 1.29 is 19.4 Å². The van der Waals surface area contributed by atoms with Crippen molar-refractivity contribution in [3.05, 3.63) is 17.7 Å². The summed E-state index contributed by atoms with van der Waals surface area (Å²) in [6.07, 6.45) is 0.495. The number of phenolic OH excluding ortho intramolecular Hbond substituents is 1. The zero-order valence-electron chi connectivity index (χ0n) is 7.53. The first-order valence-corrected chi connectivity index (χ1v) is 4.25. The van der Waals surface area contributed by atoms with Gasteiger partial charge in [0.15, 0.2) is 11.5 Å². The Labute approximate surface area is 80.9 Å². The molecular formula is C9H11NO4. The van der Waals surface area contributed by atoms with E-state index in [0.717, 1.165) is 0 Å². The van der Waals surface area contributed by atoms with Crippen LogP contribution in [0.25, 0.3) is 0 Å². The maximum Gasteiger partial charge on any atom is 0.231 e. The Hall–Kier alpha value is -1.46. The van der Waals surface area contributed by atoms with Crippen molar-refractivity contribution in [1.82, 2.24) is 0 Å². The van der Waals surface area contributed by atoms with Crippen LogP contribution in [-0.2, 0) is 11.3 Å². The van der Waals surface area contributed by atoms with Crippen LogP contribution in [0.1, 0.15) is 5.56 Å². The van der Waals surface area contributed by atoms with E-state index in [4.69, 9.17) is 15.4 Å². The molecule has 0 amide bonds. The molecule has 0 radical (unpaired) electrons. The second-order valence-electron chi connectivity index (χ2n) is 2.92. The van der Waals surface area contributed by atoms with Crippen molar-refractivity contribution in [2.45, 2.75) is 6.42 Å². The summed E-state index contributed by atoms with van der Waals surface area (Å²) in [7, 11) is 0. The van der Waals surface area contributed by atoms with Gasteiger partial charge in [0, 0.05) is 12.0 Å². The molecule has 5 nitrogen and oxygen atoms in total. The Morgan fingerprint density at radius 2 is 2.29 bits per heavy atom. The molecule has 3 N–H and O–H groups in total. The second kappa shape index (κ2) is 3.73. The molecule has 0 spiro atoms. The number of hydrogen-bond donors (Lipinski definition) is 2. The summed E-state index contributed by atoms with van der Waals surface area (Å²) in [5.41, 5.74) is 0.672. The number of fused-ring (bicyclic) bond motifs is 1. The smallest absolute Gasteiger partial charge is 0.231 e. The molecule has 5 heteroatoms. The highest BCUT2D eigenvalue weighted by Crippen LogP contribution is 2.40. The van der Waals surface area contributed by atoms with Crippen LogP contribution in [0.5, 0.6) is 17.2 Å². The lowest BCUT2D eigenvalue weighted by Crippen LogP contribution is -2.04. The fourth-order valence-electron chi connectivity index (χ4n) is 1.42. The maximum absolute atomic E-state index is 9.57. The SMILES string of the molecule is NOCCc1c(O)ccc2c1OCO2. The molecule has 1 aromatic carbocycles. The Morgan fingerprint density at radius 1 is 1.43 bits per heavy atom. The van der Waals surface area contributed by atoms with Crippen LogP contribution in [0.2, 0.25) is 0 Å². The van der Waals surface area contributed by atoms with Crippen LogP contribution in [0.3, 0.4) is 0 Å². The number of ether oxygens (including phenoxy) is 2. The van der Waals surface area contributed by atoms with Crippen LogP contribution < -0.4 is 15.4 Å². The highest BCUT2D eigenvalue weighted by molar-refractivity contribution is 5.54. The Kier molecular flexibility index (Phi) is 2.43. The number of nitrogens with two attached hydrogens (primary N) is 1. The molecule has 0 fully saturated rings. The minimum atomic E-state index is 0.173. The summed E-state index contributed by atoms with van der Waals surface area (Å²) in [5, 5.41) is 9.57. The van der Waals surface area contributed by atoms with E-state index in [2.05, 4.69) is 4.84 Å². The van der Waals surface area contributed by atoms with Crippen LogP contribution in [0.4, 0.5) is 0 Å². The molecule has 76 valence electrons. The van der Waals surface area contributed by atoms with Gasteiger partial charge in [-0.15, -0.1) is 0 Å². The predicted molar refractivity (Wildman–Crippen MR) is 48.1 cm³/mol. The minimum absolute atomic E-state index is 0.173. The van der Waals surface area contributed by atoms with Crippen molar-refractivity contribution in [1.29, 1.82) is 0 Å². The van der Waals surface area contributed by atoms with Gasteiger partial charge in [0.2, 0.25) is 6.79 Å². The fraction of sp³-hybridized carbons (Fsp3) is 0.333. The summed E-state index contributed by atoms with van der Waals surface area (Å²) in [6.45, 7) is 0.517. The maximum atomic E-state index is 9.57. The van der Waals surface area contributed by atoms with Gasteiger partial charge < -0.3 is 19.4 Å². The highest BCUT2D eigenvalue weighted by Gasteiger charge is 2.20. The van der Waals surface area contributed by atoms with Gasteiger partial charge >= 0.3 is 0 Å². The normalized spacial score (nSPS) is 13.2. The van der Waals surface area contributed by atoms with E-state index in [1.807, 2.05) is 0 Å². The van der Waals surface area contributed by atoms with Crippen molar-refractivity contribution in [3.63, 3.8) is 0 Å². The summed E-state index contributed by atoms with van der Waals surface area (Å²) < 4.78 is 10.4. The zero-order chi connectivity index (χ0) is 9.97. The number of rotatable bonds is 3. The Balaban J connectivity index is 2.31. The van der Waals surface area contributed by atoms with Gasteiger partial charge in [-0.3, -0.25) is 0 Å². The molecule has 0 saturated carbocycles. The van der Waals surface area contributed by atoms with E-state index >= 15 is 0 Å². The molecule has 2 rings (SSSR count). The molecular weight excluding hydrogens is 186 g/mol. The average Bonchev–Trinajstić information content (AvgIpc) is 2.64. The molecule has 0 aliphatic carbocycles. The van der Waals surface area contributed by atoms with Gasteiger partial charge in [0.25, 0.3) is 0 Å². The monoisotopic (exact) mass is 197 g/mol. The van der Waals surface area contributed by atoms with E-state index < -0.39 is 0 Å². The topological polar surface area (TPSA) is 73.9 Å². The minimum Gasteiger partial charge on any atom is -0.508 e. The Morgan fingerprint density at radius 3 is 3.07 bits per heavy atom. The van der Waals surface area contributed by atoms with E-state index in [0.29, 0.717) is 30.1 Å². The van der Waals surface area contributed by atoms with Crippen LogP contribution in [0, 0.1) is 0 Å². The summed E-state index contributed by atoms with van der Waals surface area (Å²) >= 11 is 0. The summed E-state index contributed by atoms with van der Waals surface area (Å²) in [5.74, 6) is 6.32. The van der Waals surface area contributed by atoms with Crippen molar-refractivity contribution in [2.75, 3.05) is 13.4 Å². The number of phenols is 1. The molecule has 1 aliphatic heterocycles. The first-order valence-electron chi connectivity index (χ1n) is 4.25. The number of aromatic hydroxyl groups is 1. The highest BCUT2D eigenvalue weighted by atomic mass is 16.7. The largest absolute Gasteiger partial charge is 0.508 e. The number of hydrogen-bond acceptors (Lipinski definition) is 5. The van der Waals surface area contributed by atoms with Gasteiger partial charge in [-0.1, -0.05) is 0 Å². The van der Waals surface area contributed by atoms with E-state index in [9.17, 15) is 5.11 Å². The standard InChI is InChI=1S/C9H11NO4/c10-14-4-3-6-7(11)1-2-8-9(6)13-5-12-8/h1-2,11H,3-5,10H2. The zero-order valence-corrected chi connectivity index (χ0v) is 7.53.